The van der Waals surface area contributed by atoms with Gasteiger partial charge in [0.05, 0.1) is 11.5 Å². The van der Waals surface area contributed by atoms with E-state index in [1.165, 1.54) is 4.68 Å². The summed E-state index contributed by atoms with van der Waals surface area (Å²) in [7, 11) is 0. The van der Waals surface area contributed by atoms with Crippen LogP contribution in [0.1, 0.15) is 30.7 Å². The van der Waals surface area contributed by atoms with Crippen LogP contribution in [-0.2, 0) is 13.0 Å². The molecule has 5 nitrogen and oxygen atoms in total. The lowest BCUT2D eigenvalue weighted by molar-refractivity contribution is -0.385. The highest BCUT2D eigenvalue weighted by atomic mass is 35.5. The summed E-state index contributed by atoms with van der Waals surface area (Å²) in [6.45, 7) is 6.43. The molecule has 0 saturated carbocycles. The van der Waals surface area contributed by atoms with Crippen LogP contribution in [0.3, 0.4) is 0 Å². The minimum atomic E-state index is -0.443. The van der Waals surface area contributed by atoms with Gasteiger partial charge in [0.25, 0.3) is 0 Å². The molecular weight excluding hydrogens is 290 g/mol. The summed E-state index contributed by atoms with van der Waals surface area (Å²) in [4.78, 5) is 10.8. The van der Waals surface area contributed by atoms with Gasteiger partial charge in [-0.25, -0.2) is 4.68 Å². The lowest BCUT2D eigenvalue weighted by Crippen LogP contribution is -2.04. The number of nitro groups is 1. The zero-order chi connectivity index (χ0) is 15.6. The fourth-order valence-electron chi connectivity index (χ4n) is 2.24. The zero-order valence-electron chi connectivity index (χ0n) is 12.3. The lowest BCUT2D eigenvalue weighted by atomic mass is 10.1. The maximum absolute atomic E-state index is 11.2. The van der Waals surface area contributed by atoms with E-state index in [1.807, 2.05) is 45.0 Å². The molecule has 2 rings (SSSR count). The molecule has 1 aromatic carbocycles. The van der Waals surface area contributed by atoms with E-state index in [9.17, 15) is 10.1 Å². The predicted molar refractivity (Wildman–Crippen MR) is 82.7 cm³/mol. The van der Waals surface area contributed by atoms with Gasteiger partial charge >= 0.3 is 5.69 Å². The monoisotopic (exact) mass is 307 g/mol. The molecule has 6 heteroatoms. The second-order valence-corrected chi connectivity index (χ2v) is 5.88. The molecule has 0 atom stereocenters. The fraction of sp³-hybridized carbons (Fsp3) is 0.400. The third-order valence-electron chi connectivity index (χ3n) is 3.30. The summed E-state index contributed by atoms with van der Waals surface area (Å²) in [6.07, 6.45) is 0.538. The summed E-state index contributed by atoms with van der Waals surface area (Å²) >= 11 is 6.17. The normalized spacial score (nSPS) is 11.1. The quantitative estimate of drug-likeness (QED) is 0.619. The maximum atomic E-state index is 11.2. The number of hydrogen-bond donors (Lipinski definition) is 0. The second kappa shape index (κ2) is 6.26. The van der Waals surface area contributed by atoms with Crippen molar-refractivity contribution in [2.45, 2.75) is 33.7 Å². The number of aromatic nitrogens is 2. The van der Waals surface area contributed by atoms with Gasteiger partial charge in [0.2, 0.25) is 5.15 Å². The fourth-order valence-corrected chi connectivity index (χ4v) is 2.51. The van der Waals surface area contributed by atoms with Crippen LogP contribution in [0.5, 0.6) is 0 Å². The van der Waals surface area contributed by atoms with E-state index in [4.69, 9.17) is 11.6 Å². The van der Waals surface area contributed by atoms with Crippen molar-refractivity contribution >= 4 is 17.3 Å². The molecule has 0 bridgehead atoms. The van der Waals surface area contributed by atoms with Crippen LogP contribution in [0.4, 0.5) is 5.69 Å². The Morgan fingerprint density at radius 3 is 2.62 bits per heavy atom. The SMILES string of the molecule is Cc1ccccc1Cn1nc(CC(C)C)c([N+](=O)[O-])c1Cl. The van der Waals surface area contributed by atoms with Crippen LogP contribution in [0, 0.1) is 23.0 Å². The lowest BCUT2D eigenvalue weighted by Gasteiger charge is -2.06. The Morgan fingerprint density at radius 2 is 2.05 bits per heavy atom. The molecule has 0 aliphatic rings. The van der Waals surface area contributed by atoms with Crippen LogP contribution >= 0.6 is 11.6 Å². The van der Waals surface area contributed by atoms with Crippen molar-refractivity contribution in [1.29, 1.82) is 0 Å². The first-order chi connectivity index (χ1) is 9.90. The van der Waals surface area contributed by atoms with E-state index in [0.29, 0.717) is 18.7 Å². The molecule has 1 heterocycles. The molecule has 21 heavy (non-hydrogen) atoms. The van der Waals surface area contributed by atoms with Crippen LogP contribution in [-0.4, -0.2) is 14.7 Å². The molecule has 2 aromatic rings. The molecule has 0 aliphatic carbocycles. The number of hydrogen-bond acceptors (Lipinski definition) is 3. The van der Waals surface area contributed by atoms with Gasteiger partial charge in [-0.1, -0.05) is 49.7 Å². The summed E-state index contributed by atoms with van der Waals surface area (Å²) in [6, 6.07) is 7.86. The highest BCUT2D eigenvalue weighted by molar-refractivity contribution is 6.31. The van der Waals surface area contributed by atoms with Crippen molar-refractivity contribution in [2.24, 2.45) is 5.92 Å². The molecule has 0 saturated heterocycles. The average molecular weight is 308 g/mol. The molecule has 0 N–H and O–H groups in total. The summed E-state index contributed by atoms with van der Waals surface area (Å²) in [5, 5.41) is 15.7. The first-order valence-corrected chi connectivity index (χ1v) is 7.22. The average Bonchev–Trinajstić information content (AvgIpc) is 2.68. The molecule has 1 aromatic heterocycles. The third-order valence-corrected chi connectivity index (χ3v) is 3.68. The van der Waals surface area contributed by atoms with Crippen LogP contribution < -0.4 is 0 Å². The molecule has 0 amide bonds. The summed E-state index contributed by atoms with van der Waals surface area (Å²) in [5.41, 5.74) is 2.54. The van der Waals surface area contributed by atoms with Gasteiger partial charge in [-0.15, -0.1) is 0 Å². The highest BCUT2D eigenvalue weighted by Crippen LogP contribution is 2.30. The number of aryl methyl sites for hydroxylation is 1. The first-order valence-electron chi connectivity index (χ1n) is 6.84. The molecule has 0 spiro atoms. The Morgan fingerprint density at radius 1 is 1.38 bits per heavy atom. The molecule has 0 unspecified atom stereocenters. The van der Waals surface area contributed by atoms with Crippen LogP contribution in [0.15, 0.2) is 24.3 Å². The van der Waals surface area contributed by atoms with Crippen molar-refractivity contribution in [3.63, 3.8) is 0 Å². The van der Waals surface area contributed by atoms with E-state index in [1.54, 1.807) is 0 Å². The largest absolute Gasteiger partial charge is 0.329 e. The van der Waals surface area contributed by atoms with Gasteiger partial charge in [-0.3, -0.25) is 10.1 Å². The van der Waals surface area contributed by atoms with Gasteiger partial charge in [0.15, 0.2) is 0 Å². The van der Waals surface area contributed by atoms with Gasteiger partial charge in [-0.05, 0) is 24.0 Å². The van der Waals surface area contributed by atoms with E-state index >= 15 is 0 Å². The molecule has 0 aliphatic heterocycles. The number of halogens is 1. The Bertz CT molecular complexity index is 665. The second-order valence-electron chi connectivity index (χ2n) is 5.53. The Kier molecular flexibility index (Phi) is 4.63. The van der Waals surface area contributed by atoms with Gasteiger partial charge in [-0.2, -0.15) is 5.10 Å². The topological polar surface area (TPSA) is 61.0 Å². The molecule has 0 radical (unpaired) electrons. The number of nitrogens with zero attached hydrogens (tertiary/aromatic N) is 3. The third kappa shape index (κ3) is 3.42. The number of benzene rings is 1. The van der Waals surface area contributed by atoms with E-state index < -0.39 is 4.92 Å². The van der Waals surface area contributed by atoms with Crippen LogP contribution in [0.2, 0.25) is 5.15 Å². The van der Waals surface area contributed by atoms with Crippen molar-refractivity contribution in [1.82, 2.24) is 9.78 Å². The maximum Gasteiger partial charge on any atom is 0.329 e. The molecule has 112 valence electrons. The Balaban J connectivity index is 2.41. The number of rotatable bonds is 5. The minimum absolute atomic E-state index is 0.0704. The van der Waals surface area contributed by atoms with Crippen molar-refractivity contribution in [2.75, 3.05) is 0 Å². The Labute approximate surface area is 128 Å². The summed E-state index contributed by atoms with van der Waals surface area (Å²) < 4.78 is 1.51. The van der Waals surface area contributed by atoms with Crippen molar-refractivity contribution in [3.8, 4) is 0 Å². The van der Waals surface area contributed by atoms with E-state index in [-0.39, 0.29) is 16.8 Å². The standard InChI is InChI=1S/C15H18ClN3O2/c1-10(2)8-13-14(19(20)21)15(16)18(17-13)9-12-7-5-4-6-11(12)3/h4-7,10H,8-9H2,1-3H3. The first kappa shape index (κ1) is 15.5. The Hall–Kier alpha value is -1.88. The summed E-state index contributed by atoms with van der Waals surface area (Å²) in [5.74, 6) is 0.279. The molecule has 0 fully saturated rings. The predicted octanol–water partition coefficient (Wildman–Crippen LogP) is 4.00. The van der Waals surface area contributed by atoms with Crippen molar-refractivity contribution in [3.05, 3.63) is 56.4 Å². The smallest absolute Gasteiger partial charge is 0.258 e. The van der Waals surface area contributed by atoms with Gasteiger partial charge < -0.3 is 0 Å². The zero-order valence-corrected chi connectivity index (χ0v) is 13.1. The minimum Gasteiger partial charge on any atom is -0.258 e. The highest BCUT2D eigenvalue weighted by Gasteiger charge is 2.27. The van der Waals surface area contributed by atoms with Crippen molar-refractivity contribution < 1.29 is 4.92 Å². The molecular formula is C15H18ClN3O2. The van der Waals surface area contributed by atoms with Crippen LogP contribution in [0.25, 0.3) is 0 Å². The van der Waals surface area contributed by atoms with E-state index in [2.05, 4.69) is 5.10 Å². The van der Waals surface area contributed by atoms with Gasteiger partial charge in [0, 0.05) is 6.42 Å². The van der Waals surface area contributed by atoms with Gasteiger partial charge in [0.1, 0.15) is 5.69 Å². The van der Waals surface area contributed by atoms with E-state index in [0.717, 1.165) is 11.1 Å².